The molecule has 6 heteroatoms. The van der Waals surface area contributed by atoms with Crippen molar-refractivity contribution in [3.63, 3.8) is 0 Å². The summed E-state index contributed by atoms with van der Waals surface area (Å²) in [5.41, 5.74) is 7.34. The Morgan fingerprint density at radius 3 is 2.21 bits per heavy atom. The van der Waals surface area contributed by atoms with E-state index in [1.807, 2.05) is 31.2 Å². The third kappa shape index (κ3) is 7.79. The molecule has 5 nitrogen and oxygen atoms in total. The Balaban J connectivity index is 0.00000529. The monoisotopic (exact) mass is 355 g/mol. The van der Waals surface area contributed by atoms with Crippen molar-refractivity contribution < 1.29 is 9.59 Å². The fourth-order valence-corrected chi connectivity index (χ4v) is 1.97. The molecule has 1 aromatic rings. The van der Waals surface area contributed by atoms with Gasteiger partial charge in [-0.25, -0.2) is 0 Å². The lowest BCUT2D eigenvalue weighted by molar-refractivity contribution is -0.121. The smallest absolute Gasteiger partial charge is 0.251 e. The van der Waals surface area contributed by atoms with Gasteiger partial charge in [-0.15, -0.1) is 12.4 Å². The average Bonchev–Trinajstić information content (AvgIpc) is 2.51. The summed E-state index contributed by atoms with van der Waals surface area (Å²) >= 11 is 0. The van der Waals surface area contributed by atoms with Crippen molar-refractivity contribution in [3.8, 4) is 0 Å². The number of benzene rings is 1. The predicted molar refractivity (Wildman–Crippen MR) is 101 cm³/mol. The number of halogens is 1. The lowest BCUT2D eigenvalue weighted by Gasteiger charge is -2.19. The van der Waals surface area contributed by atoms with E-state index in [9.17, 15) is 9.59 Å². The average molecular weight is 356 g/mol. The van der Waals surface area contributed by atoms with E-state index in [0.717, 1.165) is 0 Å². The predicted octanol–water partition coefficient (Wildman–Crippen LogP) is 2.24. The topological polar surface area (TPSA) is 84.2 Å². The molecular formula is C18H30ClN3O2. The fraction of sp³-hybridized carbons (Fsp3) is 0.556. The molecule has 0 aromatic heterocycles. The van der Waals surface area contributed by atoms with E-state index >= 15 is 0 Å². The van der Waals surface area contributed by atoms with Crippen molar-refractivity contribution >= 4 is 24.2 Å². The molecule has 0 aliphatic carbocycles. The molecule has 2 amide bonds. The second-order valence-electron chi connectivity index (χ2n) is 6.98. The number of nitrogens with two attached hydrogens (primary N) is 1. The van der Waals surface area contributed by atoms with Crippen LogP contribution in [0.2, 0.25) is 0 Å². The lowest BCUT2D eigenvalue weighted by Crippen LogP contribution is -2.34. The van der Waals surface area contributed by atoms with Gasteiger partial charge in [0.25, 0.3) is 5.91 Å². The molecule has 0 aliphatic rings. The van der Waals surface area contributed by atoms with Crippen LogP contribution in [0.3, 0.4) is 0 Å². The first-order valence-corrected chi connectivity index (χ1v) is 8.09. The maximum Gasteiger partial charge on any atom is 0.251 e. The highest BCUT2D eigenvalue weighted by Crippen LogP contribution is 2.22. The van der Waals surface area contributed by atoms with E-state index in [0.29, 0.717) is 25.2 Å². The molecule has 0 bridgehead atoms. The van der Waals surface area contributed by atoms with Crippen LogP contribution in [0.1, 0.15) is 50.0 Å². The molecule has 1 rings (SSSR count). The maximum atomic E-state index is 12.0. The Bertz CT molecular complexity index is 524. The Hall–Kier alpha value is -1.59. The summed E-state index contributed by atoms with van der Waals surface area (Å²) in [7, 11) is 0. The molecule has 0 radical (unpaired) electrons. The second kappa shape index (κ2) is 10.3. The molecule has 0 heterocycles. The quantitative estimate of drug-likeness (QED) is 0.701. The molecular weight excluding hydrogens is 326 g/mol. The molecule has 0 saturated carbocycles. The summed E-state index contributed by atoms with van der Waals surface area (Å²) in [6, 6.07) is 7.57. The number of hydrogen-bond donors (Lipinski definition) is 3. The molecule has 1 atom stereocenters. The number of nitrogens with one attached hydrogen (secondary N) is 2. The van der Waals surface area contributed by atoms with Gasteiger partial charge in [0.15, 0.2) is 0 Å². The minimum Gasteiger partial charge on any atom is -0.356 e. The van der Waals surface area contributed by atoms with Gasteiger partial charge in [-0.05, 0) is 35.6 Å². The van der Waals surface area contributed by atoms with Crippen LogP contribution >= 0.6 is 12.4 Å². The van der Waals surface area contributed by atoms with Gasteiger partial charge in [0.2, 0.25) is 5.91 Å². The molecule has 4 N–H and O–H groups in total. The van der Waals surface area contributed by atoms with Gasteiger partial charge >= 0.3 is 0 Å². The Morgan fingerprint density at radius 1 is 1.12 bits per heavy atom. The van der Waals surface area contributed by atoms with Crippen molar-refractivity contribution in [3.05, 3.63) is 35.4 Å². The fourth-order valence-electron chi connectivity index (χ4n) is 1.97. The molecule has 0 spiro atoms. The van der Waals surface area contributed by atoms with E-state index in [-0.39, 0.29) is 42.0 Å². The van der Waals surface area contributed by atoms with Crippen LogP contribution in [0.25, 0.3) is 0 Å². The Morgan fingerprint density at radius 2 is 1.71 bits per heavy atom. The highest BCUT2D eigenvalue weighted by atomic mass is 35.5. The number of rotatable bonds is 7. The van der Waals surface area contributed by atoms with E-state index < -0.39 is 0 Å². The first-order valence-electron chi connectivity index (χ1n) is 8.09. The lowest BCUT2D eigenvalue weighted by atomic mass is 9.87. The SMILES string of the molecule is CC(CN)CNC(=O)CCNC(=O)c1ccc(C(C)(C)C)cc1.Cl. The standard InChI is InChI=1S/C18H29N3O2.ClH/c1-13(11-19)12-21-16(22)9-10-20-17(23)14-5-7-15(8-6-14)18(2,3)4;/h5-8,13H,9-12,19H2,1-4H3,(H,20,23)(H,21,22);1H. The number of carbonyl (C=O) groups excluding carboxylic acids is 2. The van der Waals surface area contributed by atoms with E-state index in [1.54, 1.807) is 0 Å². The maximum absolute atomic E-state index is 12.0. The van der Waals surface area contributed by atoms with Gasteiger partial charge in [0.05, 0.1) is 0 Å². The minimum atomic E-state index is -0.159. The van der Waals surface area contributed by atoms with Crippen LogP contribution in [0.4, 0.5) is 0 Å². The molecule has 0 aliphatic heterocycles. The zero-order valence-corrected chi connectivity index (χ0v) is 15.8. The zero-order chi connectivity index (χ0) is 17.5. The number of hydrogen-bond acceptors (Lipinski definition) is 3. The van der Waals surface area contributed by atoms with Gasteiger partial charge in [-0.1, -0.05) is 39.8 Å². The Labute approximate surface area is 151 Å². The van der Waals surface area contributed by atoms with Crippen LogP contribution in [-0.4, -0.2) is 31.4 Å². The zero-order valence-electron chi connectivity index (χ0n) is 15.0. The van der Waals surface area contributed by atoms with Gasteiger partial charge in [0, 0.05) is 25.1 Å². The highest BCUT2D eigenvalue weighted by Gasteiger charge is 2.14. The summed E-state index contributed by atoms with van der Waals surface area (Å²) in [6.07, 6.45) is 0.267. The summed E-state index contributed by atoms with van der Waals surface area (Å²) in [5, 5.41) is 5.57. The van der Waals surface area contributed by atoms with E-state index in [4.69, 9.17) is 5.73 Å². The van der Waals surface area contributed by atoms with Crippen LogP contribution in [-0.2, 0) is 10.2 Å². The third-order valence-corrected chi connectivity index (χ3v) is 3.70. The molecule has 24 heavy (non-hydrogen) atoms. The summed E-state index contributed by atoms with van der Waals surface area (Å²) < 4.78 is 0. The van der Waals surface area contributed by atoms with Crippen molar-refractivity contribution in [2.24, 2.45) is 11.7 Å². The van der Waals surface area contributed by atoms with Gasteiger partial charge in [0.1, 0.15) is 0 Å². The van der Waals surface area contributed by atoms with Crippen LogP contribution in [0.5, 0.6) is 0 Å². The second-order valence-corrected chi connectivity index (χ2v) is 6.98. The van der Waals surface area contributed by atoms with Gasteiger partial charge in [-0.3, -0.25) is 9.59 Å². The molecule has 0 fully saturated rings. The summed E-state index contributed by atoms with van der Waals surface area (Å²) in [4.78, 5) is 23.7. The highest BCUT2D eigenvalue weighted by molar-refractivity contribution is 5.94. The normalized spacial score (nSPS) is 12.0. The number of carbonyl (C=O) groups is 2. The minimum absolute atomic E-state index is 0. The first kappa shape index (κ1) is 22.4. The van der Waals surface area contributed by atoms with Crippen molar-refractivity contribution in [2.45, 2.75) is 39.5 Å². The number of amides is 2. The van der Waals surface area contributed by atoms with E-state index in [1.165, 1.54) is 5.56 Å². The third-order valence-electron chi connectivity index (χ3n) is 3.70. The van der Waals surface area contributed by atoms with Crippen molar-refractivity contribution in [1.82, 2.24) is 10.6 Å². The Kier molecular flexibility index (Phi) is 9.63. The molecule has 0 saturated heterocycles. The summed E-state index contributed by atoms with van der Waals surface area (Å²) in [6.45, 7) is 9.80. The largest absolute Gasteiger partial charge is 0.356 e. The van der Waals surface area contributed by atoms with Gasteiger partial charge in [-0.2, -0.15) is 0 Å². The van der Waals surface area contributed by atoms with Crippen LogP contribution < -0.4 is 16.4 Å². The first-order chi connectivity index (χ1) is 10.7. The molecule has 1 aromatic carbocycles. The van der Waals surface area contributed by atoms with Crippen LogP contribution in [0.15, 0.2) is 24.3 Å². The molecule has 136 valence electrons. The van der Waals surface area contributed by atoms with Crippen LogP contribution in [0, 0.1) is 5.92 Å². The van der Waals surface area contributed by atoms with Crippen molar-refractivity contribution in [1.29, 1.82) is 0 Å². The van der Waals surface area contributed by atoms with Crippen molar-refractivity contribution in [2.75, 3.05) is 19.6 Å². The van der Waals surface area contributed by atoms with Gasteiger partial charge < -0.3 is 16.4 Å². The van der Waals surface area contributed by atoms with E-state index in [2.05, 4.69) is 31.4 Å². The summed E-state index contributed by atoms with van der Waals surface area (Å²) in [5.74, 6) is 0.0251. The molecule has 1 unspecified atom stereocenters.